The number of ether oxygens (including phenoxy) is 1. The third-order valence-corrected chi connectivity index (χ3v) is 5.64. The smallest absolute Gasteiger partial charge is 0.341 e. The Morgan fingerprint density at radius 1 is 1.32 bits per heavy atom. The summed E-state index contributed by atoms with van der Waals surface area (Å²) in [6, 6.07) is -0.602. The molecule has 9 heteroatoms. The number of aromatic nitrogens is 1. The Balaban J connectivity index is 2.02. The number of fused-ring (bicyclic) bond motifs is 1. The van der Waals surface area contributed by atoms with Crippen LogP contribution in [0.1, 0.15) is 36.2 Å². The molecule has 2 aliphatic carbocycles. The number of carbonyl (C=O) groups is 1. The molecule has 1 aromatic rings. The van der Waals surface area contributed by atoms with Gasteiger partial charge in [-0.25, -0.2) is 9.18 Å². The van der Waals surface area contributed by atoms with Crippen molar-refractivity contribution >= 4 is 17.8 Å². The van der Waals surface area contributed by atoms with Gasteiger partial charge in [0.05, 0.1) is 12.5 Å². The highest BCUT2D eigenvalue weighted by Crippen LogP contribution is 2.35. The van der Waals surface area contributed by atoms with Crippen molar-refractivity contribution in [1.29, 1.82) is 0 Å². The summed E-state index contributed by atoms with van der Waals surface area (Å²) in [5, 5.41) is 10.0. The zero-order chi connectivity index (χ0) is 20.1. The molecule has 3 N–H and O–H groups in total. The van der Waals surface area contributed by atoms with Crippen LogP contribution in [0.5, 0.6) is 0 Å². The van der Waals surface area contributed by atoms with E-state index in [1.807, 2.05) is 4.90 Å². The largest absolute Gasteiger partial charge is 0.497 e. The molecule has 1 aromatic heterocycles. The third kappa shape index (κ3) is 3.13. The van der Waals surface area contributed by atoms with Crippen molar-refractivity contribution in [2.24, 2.45) is 0 Å². The number of aromatic carboxylic acids is 1. The molecule has 1 saturated heterocycles. The quantitative estimate of drug-likeness (QED) is 0.601. The Kier molecular flexibility index (Phi) is 4.76. The molecule has 2 atom stereocenters. The SMILES string of the molecule is COC1=c2c(c(=O)c(C(=O)O)cn2C2CC2)=CC(C)(F)C1N1CCNNCC1. The van der Waals surface area contributed by atoms with E-state index in [9.17, 15) is 14.7 Å². The summed E-state index contributed by atoms with van der Waals surface area (Å²) in [7, 11) is 1.48. The van der Waals surface area contributed by atoms with Gasteiger partial charge >= 0.3 is 5.97 Å². The first kappa shape index (κ1) is 19.1. The fraction of sp³-hybridized carbons (Fsp3) is 0.579. The lowest BCUT2D eigenvalue weighted by atomic mass is 9.88. The molecular formula is C19H25FN4O4. The number of nitrogens with one attached hydrogen (secondary N) is 2. The molecule has 0 aromatic carbocycles. The van der Waals surface area contributed by atoms with Gasteiger partial charge in [-0.05, 0) is 25.8 Å². The number of pyridine rings is 1. The average molecular weight is 392 g/mol. The molecule has 0 bridgehead atoms. The molecule has 1 saturated carbocycles. The highest BCUT2D eigenvalue weighted by Gasteiger charge is 2.44. The molecule has 8 nitrogen and oxygen atoms in total. The lowest BCUT2D eigenvalue weighted by Gasteiger charge is -2.39. The van der Waals surface area contributed by atoms with Gasteiger partial charge in [0.2, 0.25) is 5.43 Å². The minimum Gasteiger partial charge on any atom is -0.497 e. The highest BCUT2D eigenvalue weighted by molar-refractivity contribution is 5.87. The average Bonchev–Trinajstić information content (AvgIpc) is 3.48. The maximum atomic E-state index is 15.9. The van der Waals surface area contributed by atoms with Gasteiger partial charge in [-0.1, -0.05) is 0 Å². The van der Waals surface area contributed by atoms with Crippen LogP contribution >= 0.6 is 0 Å². The number of hydrogen-bond donors (Lipinski definition) is 3. The Morgan fingerprint density at radius 3 is 2.50 bits per heavy atom. The Bertz CT molecular complexity index is 975. The molecule has 0 spiro atoms. The summed E-state index contributed by atoms with van der Waals surface area (Å²) < 4.78 is 23.4. The van der Waals surface area contributed by atoms with Crippen LogP contribution in [0.3, 0.4) is 0 Å². The van der Waals surface area contributed by atoms with Gasteiger partial charge < -0.3 is 14.4 Å². The fourth-order valence-corrected chi connectivity index (χ4v) is 4.26. The summed E-state index contributed by atoms with van der Waals surface area (Å²) in [6.07, 6.45) is 4.45. The standard InChI is InChI=1S/C19H25FN4O4/c1-19(20)9-12-14(16(28-2)17(19)23-7-5-21-22-6-8-23)24(11-3-4-11)10-13(15(12)25)18(26)27/h9-11,17,21-22H,3-8H2,1-2H3,(H,26,27). The van der Waals surface area contributed by atoms with E-state index in [0.29, 0.717) is 37.3 Å². The number of hydrazine groups is 1. The zero-order valence-electron chi connectivity index (χ0n) is 16.0. The topological polar surface area (TPSA) is 95.8 Å². The van der Waals surface area contributed by atoms with Crippen molar-refractivity contribution in [3.05, 3.63) is 32.6 Å². The van der Waals surface area contributed by atoms with Gasteiger partial charge in [0.15, 0.2) is 0 Å². The first-order valence-corrected chi connectivity index (χ1v) is 9.53. The highest BCUT2D eigenvalue weighted by atomic mass is 19.1. The van der Waals surface area contributed by atoms with Crippen LogP contribution in [0.2, 0.25) is 0 Å². The second-order valence-corrected chi connectivity index (χ2v) is 7.73. The van der Waals surface area contributed by atoms with Gasteiger partial charge in [-0.2, -0.15) is 0 Å². The molecule has 28 heavy (non-hydrogen) atoms. The second kappa shape index (κ2) is 6.98. The number of rotatable bonds is 4. The van der Waals surface area contributed by atoms with Gasteiger partial charge in [-0.3, -0.25) is 20.5 Å². The predicted octanol–water partition coefficient (Wildman–Crippen LogP) is -1.06. The van der Waals surface area contributed by atoms with E-state index in [2.05, 4.69) is 10.9 Å². The van der Waals surface area contributed by atoms with Gasteiger partial charge in [-0.15, -0.1) is 0 Å². The number of carboxylic acids is 1. The van der Waals surface area contributed by atoms with E-state index < -0.39 is 23.1 Å². The maximum absolute atomic E-state index is 15.9. The molecule has 2 unspecified atom stereocenters. The minimum atomic E-state index is -1.89. The van der Waals surface area contributed by atoms with Crippen molar-refractivity contribution in [3.8, 4) is 0 Å². The van der Waals surface area contributed by atoms with Crippen molar-refractivity contribution < 1.29 is 19.0 Å². The summed E-state index contributed by atoms with van der Waals surface area (Å²) >= 11 is 0. The van der Waals surface area contributed by atoms with Crippen molar-refractivity contribution in [2.75, 3.05) is 33.3 Å². The zero-order valence-corrected chi connectivity index (χ0v) is 16.0. The maximum Gasteiger partial charge on any atom is 0.341 e. The molecule has 0 radical (unpaired) electrons. The summed E-state index contributed by atoms with van der Waals surface area (Å²) in [5.74, 6) is -0.924. The molecule has 1 aliphatic heterocycles. The minimum absolute atomic E-state index is 0.0796. The molecule has 4 rings (SSSR count). The summed E-state index contributed by atoms with van der Waals surface area (Å²) in [5.41, 5.74) is 3.24. The second-order valence-electron chi connectivity index (χ2n) is 7.73. The Morgan fingerprint density at radius 2 is 1.96 bits per heavy atom. The van der Waals surface area contributed by atoms with Crippen LogP contribution in [0.4, 0.5) is 4.39 Å². The van der Waals surface area contributed by atoms with E-state index in [-0.39, 0.29) is 16.8 Å². The number of halogens is 1. The molecular weight excluding hydrogens is 367 g/mol. The summed E-state index contributed by atoms with van der Waals surface area (Å²) in [4.78, 5) is 26.4. The van der Waals surface area contributed by atoms with Crippen LogP contribution in [0.15, 0.2) is 11.0 Å². The molecule has 2 fully saturated rings. The van der Waals surface area contributed by atoms with Crippen LogP contribution in [0, 0.1) is 0 Å². The molecule has 3 aliphatic rings. The molecule has 0 amide bonds. The van der Waals surface area contributed by atoms with Crippen LogP contribution < -0.4 is 26.8 Å². The van der Waals surface area contributed by atoms with Crippen molar-refractivity contribution in [3.63, 3.8) is 0 Å². The van der Waals surface area contributed by atoms with Crippen molar-refractivity contribution in [1.82, 2.24) is 20.3 Å². The van der Waals surface area contributed by atoms with Crippen molar-refractivity contribution in [2.45, 2.75) is 37.5 Å². The van der Waals surface area contributed by atoms with Crippen LogP contribution in [-0.4, -0.2) is 65.5 Å². The first-order valence-electron chi connectivity index (χ1n) is 9.53. The third-order valence-electron chi connectivity index (χ3n) is 5.64. The van der Waals surface area contributed by atoms with E-state index in [0.717, 1.165) is 12.8 Å². The number of nitrogens with zero attached hydrogens (tertiary/aromatic N) is 2. The summed E-state index contributed by atoms with van der Waals surface area (Å²) in [6.45, 7) is 3.91. The number of alkyl halides is 1. The van der Waals surface area contributed by atoms with Crippen LogP contribution in [0.25, 0.3) is 11.8 Å². The lowest BCUT2D eigenvalue weighted by Crippen LogP contribution is -2.61. The predicted molar refractivity (Wildman–Crippen MR) is 101 cm³/mol. The molecule has 152 valence electrons. The number of methoxy groups -OCH3 is 1. The fourth-order valence-electron chi connectivity index (χ4n) is 4.26. The normalized spacial score (nSPS) is 28.2. The van der Waals surface area contributed by atoms with E-state index in [1.165, 1.54) is 26.3 Å². The van der Waals surface area contributed by atoms with Crippen LogP contribution in [-0.2, 0) is 4.74 Å². The van der Waals surface area contributed by atoms with E-state index >= 15 is 4.39 Å². The van der Waals surface area contributed by atoms with E-state index in [1.54, 1.807) is 4.57 Å². The Labute approximate surface area is 161 Å². The lowest BCUT2D eigenvalue weighted by molar-refractivity contribution is 0.0693. The number of carboxylic acid groups (broad SMARTS) is 1. The van der Waals surface area contributed by atoms with E-state index in [4.69, 9.17) is 4.74 Å². The van der Waals surface area contributed by atoms with Gasteiger partial charge in [0.1, 0.15) is 23.0 Å². The Hall–Kier alpha value is -2.23. The van der Waals surface area contributed by atoms with Gasteiger partial charge in [0.25, 0.3) is 0 Å². The van der Waals surface area contributed by atoms with Gasteiger partial charge in [0, 0.05) is 43.6 Å². The molecule has 2 heterocycles. The first-order chi connectivity index (χ1) is 13.3. The number of hydrogen-bond acceptors (Lipinski definition) is 6. The monoisotopic (exact) mass is 392 g/mol.